The number of aromatic nitrogens is 3. The molecule has 1 aromatic heterocycles. The largest absolute Gasteiger partial charge is 0.352 e. The lowest BCUT2D eigenvalue weighted by Gasteiger charge is -2.69. The molecule has 2 aromatic rings. The second kappa shape index (κ2) is 4.64. The molecule has 7 rings (SSSR count). The molecule has 2 aliphatic heterocycles. The Kier molecular flexibility index (Phi) is 2.66. The predicted octanol–water partition coefficient (Wildman–Crippen LogP) is 3.15. The van der Waals surface area contributed by atoms with Gasteiger partial charge in [0.25, 0.3) is 0 Å². The lowest BCUT2D eigenvalue weighted by atomic mass is 9.40. The second-order valence-electron chi connectivity index (χ2n) is 8.63. The van der Waals surface area contributed by atoms with Gasteiger partial charge in [-0.15, -0.1) is 0 Å². The zero-order valence-electron chi connectivity index (χ0n) is 15.7. The summed E-state index contributed by atoms with van der Waals surface area (Å²) in [5.74, 6) is 0.339. The van der Waals surface area contributed by atoms with Gasteiger partial charge in [-0.05, 0) is 38.8 Å². The van der Waals surface area contributed by atoms with Crippen LogP contribution in [0, 0.1) is 11.3 Å². The fourth-order valence-corrected chi connectivity index (χ4v) is 6.90. The highest BCUT2D eigenvalue weighted by Gasteiger charge is 2.70. The molecule has 5 aliphatic rings. The van der Waals surface area contributed by atoms with Crippen molar-refractivity contribution < 1.29 is 0 Å². The molecule has 0 amide bonds. The van der Waals surface area contributed by atoms with E-state index in [9.17, 15) is 9.59 Å². The highest BCUT2D eigenvalue weighted by molar-refractivity contribution is 5.49. The average molecular weight is 361 g/mol. The van der Waals surface area contributed by atoms with Gasteiger partial charge in [-0.1, -0.05) is 54.3 Å². The van der Waals surface area contributed by atoms with E-state index in [4.69, 9.17) is 0 Å². The van der Waals surface area contributed by atoms with E-state index in [1.807, 2.05) is 35.0 Å². The van der Waals surface area contributed by atoms with Gasteiger partial charge < -0.3 is 0 Å². The average Bonchev–Trinajstić information content (AvgIpc) is 2.99. The Labute approximate surface area is 157 Å². The summed E-state index contributed by atoms with van der Waals surface area (Å²) in [5, 5.41) is 0. The van der Waals surface area contributed by atoms with Gasteiger partial charge in [0.15, 0.2) is 0 Å². The number of hydrogen-bond acceptors (Lipinski definition) is 2. The van der Waals surface area contributed by atoms with Crippen LogP contribution in [-0.4, -0.2) is 13.9 Å². The lowest BCUT2D eigenvalue weighted by Crippen LogP contribution is -2.71. The molecule has 4 atom stereocenters. The third-order valence-corrected chi connectivity index (χ3v) is 7.97. The summed E-state index contributed by atoms with van der Waals surface area (Å²) in [7, 11) is 0. The summed E-state index contributed by atoms with van der Waals surface area (Å²) in [4.78, 5) is 27.0. The Morgan fingerprint density at radius 3 is 2.52 bits per heavy atom. The van der Waals surface area contributed by atoms with Crippen LogP contribution in [0.4, 0.5) is 0 Å². The van der Waals surface area contributed by atoms with Crippen LogP contribution in [-0.2, 0) is 5.54 Å². The Morgan fingerprint density at radius 2 is 1.74 bits per heavy atom. The quantitative estimate of drug-likeness (QED) is 0.733. The number of para-hydroxylation sites is 1. The van der Waals surface area contributed by atoms with Gasteiger partial charge in [-0.2, -0.15) is 0 Å². The number of allylic oxidation sites excluding steroid dienone is 4. The van der Waals surface area contributed by atoms with E-state index in [1.54, 1.807) is 4.68 Å². The SMILES string of the molecule is CC1=C(C)[C@]23CCCC[C@@]24C=C[C@@H]([C@H]13)n1c(=O)n(-c2ccccc2)c(=O)n14. The Balaban J connectivity index is 1.72. The third kappa shape index (κ3) is 1.41. The van der Waals surface area contributed by atoms with Gasteiger partial charge in [0.05, 0.1) is 17.3 Å². The van der Waals surface area contributed by atoms with Crippen LogP contribution in [0.25, 0.3) is 5.69 Å². The van der Waals surface area contributed by atoms with Crippen molar-refractivity contribution in [3.63, 3.8) is 0 Å². The van der Waals surface area contributed by atoms with Gasteiger partial charge in [0.1, 0.15) is 0 Å². The van der Waals surface area contributed by atoms with E-state index in [1.165, 1.54) is 22.1 Å². The molecular formula is C22H23N3O2. The molecule has 3 heterocycles. The standard InChI is InChI=1S/C22H23N3O2/c1-14-15(2)22-12-7-6-11-21(22)13-10-17(18(14)22)24-19(26)23(20(27)25(21)24)16-8-4-3-5-9-16/h3-5,8-10,13,17-18H,6-7,11-12H2,1-2H3/t17-,18-,21+,22-/m0/s1. The van der Waals surface area contributed by atoms with Crippen LogP contribution in [0.5, 0.6) is 0 Å². The molecule has 3 aliphatic carbocycles. The van der Waals surface area contributed by atoms with Crippen LogP contribution < -0.4 is 11.4 Å². The van der Waals surface area contributed by atoms with Gasteiger partial charge >= 0.3 is 11.4 Å². The normalized spacial score (nSPS) is 35.5. The highest BCUT2D eigenvalue weighted by Crippen LogP contribution is 2.72. The van der Waals surface area contributed by atoms with Crippen molar-refractivity contribution in [2.75, 3.05) is 0 Å². The summed E-state index contributed by atoms with van der Waals surface area (Å²) in [5.41, 5.74) is 2.71. The van der Waals surface area contributed by atoms with Gasteiger partial charge in [-0.25, -0.2) is 23.5 Å². The van der Waals surface area contributed by atoms with Gasteiger partial charge in [0.2, 0.25) is 0 Å². The molecule has 2 bridgehead atoms. The fraction of sp³-hybridized carbons (Fsp3) is 0.455. The van der Waals surface area contributed by atoms with Gasteiger partial charge in [0, 0.05) is 11.3 Å². The molecule has 0 N–H and O–H groups in total. The molecule has 2 spiro atoms. The van der Waals surface area contributed by atoms with Gasteiger partial charge in [-0.3, -0.25) is 0 Å². The molecule has 27 heavy (non-hydrogen) atoms. The van der Waals surface area contributed by atoms with Crippen molar-refractivity contribution in [2.45, 2.75) is 51.1 Å². The fourth-order valence-electron chi connectivity index (χ4n) is 6.90. The first-order valence-corrected chi connectivity index (χ1v) is 9.94. The summed E-state index contributed by atoms with van der Waals surface area (Å²) in [6, 6.07) is 9.26. The summed E-state index contributed by atoms with van der Waals surface area (Å²) in [6.07, 6.45) is 8.78. The molecular weight excluding hydrogens is 338 g/mol. The molecule has 1 fully saturated rings. The minimum Gasteiger partial charge on any atom is -0.245 e. The molecule has 5 nitrogen and oxygen atoms in total. The van der Waals surface area contributed by atoms with Crippen molar-refractivity contribution in [1.82, 2.24) is 13.9 Å². The molecule has 0 saturated heterocycles. The van der Waals surface area contributed by atoms with E-state index < -0.39 is 5.54 Å². The Morgan fingerprint density at radius 1 is 1.00 bits per heavy atom. The van der Waals surface area contributed by atoms with Crippen molar-refractivity contribution in [2.24, 2.45) is 11.3 Å². The Hall–Kier alpha value is -2.56. The maximum absolute atomic E-state index is 13.6. The van der Waals surface area contributed by atoms with E-state index >= 15 is 0 Å². The summed E-state index contributed by atoms with van der Waals surface area (Å²) in [6.45, 7) is 4.46. The molecule has 0 radical (unpaired) electrons. The maximum Gasteiger partial charge on any atom is 0.352 e. The Bertz CT molecular complexity index is 1160. The van der Waals surface area contributed by atoms with E-state index in [0.717, 1.165) is 19.3 Å². The van der Waals surface area contributed by atoms with E-state index in [2.05, 4.69) is 26.0 Å². The topological polar surface area (TPSA) is 48.9 Å². The predicted molar refractivity (Wildman–Crippen MR) is 103 cm³/mol. The number of benzene rings is 1. The first-order valence-electron chi connectivity index (χ1n) is 9.94. The highest BCUT2D eigenvalue weighted by atomic mass is 16.2. The van der Waals surface area contributed by atoms with Crippen molar-refractivity contribution in [3.05, 3.63) is 74.6 Å². The first kappa shape index (κ1) is 15.5. The molecule has 1 aromatic carbocycles. The first-order chi connectivity index (χ1) is 13.0. The third-order valence-electron chi connectivity index (χ3n) is 7.97. The number of rotatable bonds is 1. The smallest absolute Gasteiger partial charge is 0.245 e. The van der Waals surface area contributed by atoms with E-state index in [-0.39, 0.29) is 22.8 Å². The maximum atomic E-state index is 13.6. The van der Waals surface area contributed by atoms with Crippen LogP contribution in [0.15, 0.2) is 63.2 Å². The van der Waals surface area contributed by atoms with Crippen LogP contribution in [0.3, 0.4) is 0 Å². The lowest BCUT2D eigenvalue weighted by molar-refractivity contribution is -0.0857. The van der Waals surface area contributed by atoms with E-state index in [0.29, 0.717) is 11.6 Å². The van der Waals surface area contributed by atoms with Crippen LogP contribution >= 0.6 is 0 Å². The van der Waals surface area contributed by atoms with Crippen molar-refractivity contribution in [3.8, 4) is 5.69 Å². The van der Waals surface area contributed by atoms with Crippen LogP contribution in [0.1, 0.15) is 45.6 Å². The minimum absolute atomic E-state index is 0.00783. The molecule has 5 heteroatoms. The molecule has 138 valence electrons. The van der Waals surface area contributed by atoms with Crippen molar-refractivity contribution in [1.29, 1.82) is 0 Å². The molecule has 0 unspecified atom stereocenters. The zero-order valence-corrected chi connectivity index (χ0v) is 15.7. The van der Waals surface area contributed by atoms with Crippen LogP contribution in [0.2, 0.25) is 0 Å². The number of hydrogen-bond donors (Lipinski definition) is 0. The minimum atomic E-state index is -0.398. The zero-order chi connectivity index (χ0) is 18.6. The summed E-state index contributed by atoms with van der Waals surface area (Å²) >= 11 is 0. The summed E-state index contributed by atoms with van der Waals surface area (Å²) < 4.78 is 4.96. The second-order valence-corrected chi connectivity index (χ2v) is 8.63. The molecule has 1 saturated carbocycles. The number of nitrogens with zero attached hydrogens (tertiary/aromatic N) is 3. The van der Waals surface area contributed by atoms with Crippen molar-refractivity contribution >= 4 is 0 Å². The monoisotopic (exact) mass is 361 g/mol.